The standard InChI is InChI=1S/C19H27N5O2/c1-13-14(17(25)20-8-5-11-24-9-3-4-10-24)15-16(23-19(2)6-7-19)21-12-22-18(15)26-13/h12H,3-11H2,1-2H3,(H,20,25)(H,21,22,23). The largest absolute Gasteiger partial charge is 0.442 e. The van der Waals surface area contributed by atoms with E-state index in [2.05, 4.69) is 32.4 Å². The first kappa shape index (κ1) is 17.3. The van der Waals surface area contributed by atoms with Crippen LogP contribution in [0.1, 0.15) is 55.1 Å². The molecule has 0 unspecified atom stereocenters. The van der Waals surface area contributed by atoms with Gasteiger partial charge in [0, 0.05) is 12.1 Å². The normalized spacial score (nSPS) is 19.0. The molecule has 0 spiro atoms. The number of carbonyl (C=O) groups is 1. The van der Waals surface area contributed by atoms with Gasteiger partial charge in [-0.2, -0.15) is 0 Å². The SMILES string of the molecule is Cc1oc2ncnc(NC3(C)CC3)c2c1C(=O)NCCCN1CCCC1. The summed E-state index contributed by atoms with van der Waals surface area (Å²) in [6.07, 6.45) is 7.24. The minimum absolute atomic E-state index is 0.0654. The van der Waals surface area contributed by atoms with Crippen molar-refractivity contribution in [2.75, 3.05) is 31.5 Å². The van der Waals surface area contributed by atoms with Gasteiger partial charge in [0.1, 0.15) is 17.9 Å². The number of rotatable bonds is 7. The van der Waals surface area contributed by atoms with Gasteiger partial charge in [-0.15, -0.1) is 0 Å². The van der Waals surface area contributed by atoms with Crippen LogP contribution < -0.4 is 10.6 Å². The van der Waals surface area contributed by atoms with Gasteiger partial charge in [-0.25, -0.2) is 9.97 Å². The number of aromatic nitrogens is 2. The van der Waals surface area contributed by atoms with E-state index in [-0.39, 0.29) is 11.4 Å². The lowest BCUT2D eigenvalue weighted by Gasteiger charge is -2.15. The predicted molar refractivity (Wildman–Crippen MR) is 100 cm³/mol. The number of anilines is 1. The summed E-state index contributed by atoms with van der Waals surface area (Å²) in [6.45, 7) is 8.04. The quantitative estimate of drug-likeness (QED) is 0.742. The van der Waals surface area contributed by atoms with E-state index < -0.39 is 0 Å². The molecule has 2 aromatic rings. The minimum Gasteiger partial charge on any atom is -0.442 e. The van der Waals surface area contributed by atoms with Crippen LogP contribution in [0, 0.1) is 6.92 Å². The highest BCUT2D eigenvalue weighted by Crippen LogP contribution is 2.40. The molecule has 1 saturated heterocycles. The molecule has 26 heavy (non-hydrogen) atoms. The van der Waals surface area contributed by atoms with Gasteiger partial charge in [-0.05, 0) is 65.6 Å². The van der Waals surface area contributed by atoms with Crippen LogP contribution in [0.25, 0.3) is 11.1 Å². The molecule has 7 nitrogen and oxygen atoms in total. The van der Waals surface area contributed by atoms with Crippen LogP contribution >= 0.6 is 0 Å². The zero-order valence-electron chi connectivity index (χ0n) is 15.6. The van der Waals surface area contributed by atoms with Gasteiger partial charge >= 0.3 is 0 Å². The Kier molecular flexibility index (Phi) is 4.56. The Hall–Kier alpha value is -2.15. The molecule has 2 fully saturated rings. The molecule has 0 atom stereocenters. The molecule has 4 rings (SSSR count). The zero-order valence-corrected chi connectivity index (χ0v) is 15.6. The van der Waals surface area contributed by atoms with Gasteiger partial charge in [-0.3, -0.25) is 4.79 Å². The topological polar surface area (TPSA) is 83.3 Å². The van der Waals surface area contributed by atoms with Crippen molar-refractivity contribution < 1.29 is 9.21 Å². The maximum absolute atomic E-state index is 12.8. The molecule has 1 amide bonds. The number of amides is 1. The molecule has 0 bridgehead atoms. The van der Waals surface area contributed by atoms with Gasteiger partial charge in [0.15, 0.2) is 0 Å². The summed E-state index contributed by atoms with van der Waals surface area (Å²) in [7, 11) is 0. The summed E-state index contributed by atoms with van der Waals surface area (Å²) in [6, 6.07) is 0. The first-order valence-corrected chi connectivity index (χ1v) is 9.59. The summed E-state index contributed by atoms with van der Waals surface area (Å²) in [4.78, 5) is 23.8. The van der Waals surface area contributed by atoms with E-state index in [9.17, 15) is 4.79 Å². The molecule has 0 aromatic carbocycles. The van der Waals surface area contributed by atoms with E-state index >= 15 is 0 Å². The van der Waals surface area contributed by atoms with Crippen molar-refractivity contribution in [1.82, 2.24) is 20.2 Å². The highest BCUT2D eigenvalue weighted by molar-refractivity contribution is 6.10. The number of hydrogen-bond donors (Lipinski definition) is 2. The van der Waals surface area contributed by atoms with E-state index in [1.165, 1.54) is 32.3 Å². The molecule has 1 saturated carbocycles. The van der Waals surface area contributed by atoms with Crippen LogP contribution in [0.2, 0.25) is 0 Å². The van der Waals surface area contributed by atoms with Crippen LogP contribution in [0.3, 0.4) is 0 Å². The van der Waals surface area contributed by atoms with Gasteiger partial charge in [0.2, 0.25) is 5.71 Å². The van der Waals surface area contributed by atoms with Crippen molar-refractivity contribution >= 4 is 22.8 Å². The number of likely N-dealkylation sites (tertiary alicyclic amines) is 1. The van der Waals surface area contributed by atoms with E-state index in [0.29, 0.717) is 34.8 Å². The maximum Gasteiger partial charge on any atom is 0.255 e. The lowest BCUT2D eigenvalue weighted by Crippen LogP contribution is -2.29. The second-order valence-corrected chi connectivity index (χ2v) is 7.78. The van der Waals surface area contributed by atoms with Crippen molar-refractivity contribution in [3.05, 3.63) is 17.7 Å². The summed E-state index contributed by atoms with van der Waals surface area (Å²) < 4.78 is 5.72. The van der Waals surface area contributed by atoms with Crippen LogP contribution in [0.5, 0.6) is 0 Å². The Morgan fingerprint density at radius 1 is 1.31 bits per heavy atom. The van der Waals surface area contributed by atoms with Crippen LogP contribution in [0.4, 0.5) is 5.82 Å². The smallest absolute Gasteiger partial charge is 0.255 e. The second-order valence-electron chi connectivity index (χ2n) is 7.78. The van der Waals surface area contributed by atoms with Crippen molar-refractivity contribution in [1.29, 1.82) is 0 Å². The fraction of sp³-hybridized carbons (Fsp3) is 0.632. The molecule has 1 aliphatic carbocycles. The number of nitrogens with zero attached hydrogens (tertiary/aromatic N) is 3. The fourth-order valence-electron chi connectivity index (χ4n) is 3.61. The molecular weight excluding hydrogens is 330 g/mol. The van der Waals surface area contributed by atoms with Crippen LogP contribution in [-0.2, 0) is 0 Å². The Morgan fingerprint density at radius 2 is 2.08 bits per heavy atom. The average molecular weight is 357 g/mol. The van der Waals surface area contributed by atoms with E-state index in [1.54, 1.807) is 0 Å². The van der Waals surface area contributed by atoms with Crippen molar-refractivity contribution in [3.8, 4) is 0 Å². The van der Waals surface area contributed by atoms with Gasteiger partial charge in [0.05, 0.1) is 10.9 Å². The number of aryl methyl sites for hydroxylation is 1. The maximum atomic E-state index is 12.8. The molecule has 2 N–H and O–H groups in total. The summed E-state index contributed by atoms with van der Waals surface area (Å²) in [5, 5.41) is 7.18. The van der Waals surface area contributed by atoms with Gasteiger partial charge < -0.3 is 20.0 Å². The average Bonchev–Trinajstić information content (AvgIpc) is 3.00. The Morgan fingerprint density at radius 3 is 2.81 bits per heavy atom. The zero-order chi connectivity index (χ0) is 18.1. The van der Waals surface area contributed by atoms with Gasteiger partial charge in [-0.1, -0.05) is 0 Å². The van der Waals surface area contributed by atoms with Crippen molar-refractivity contribution in [2.24, 2.45) is 0 Å². The number of carbonyl (C=O) groups excluding carboxylic acids is 1. The Bertz CT molecular complexity index is 806. The third-order valence-corrected chi connectivity index (χ3v) is 5.45. The number of hydrogen-bond acceptors (Lipinski definition) is 6. The minimum atomic E-state index is -0.110. The van der Waals surface area contributed by atoms with E-state index in [0.717, 1.165) is 25.8 Å². The van der Waals surface area contributed by atoms with Crippen molar-refractivity contribution in [3.63, 3.8) is 0 Å². The Labute approximate surface area is 153 Å². The third-order valence-electron chi connectivity index (χ3n) is 5.45. The molecule has 2 aromatic heterocycles. The lowest BCUT2D eigenvalue weighted by atomic mass is 10.1. The first-order valence-electron chi connectivity index (χ1n) is 9.59. The molecule has 7 heteroatoms. The highest BCUT2D eigenvalue weighted by Gasteiger charge is 2.38. The number of nitrogens with one attached hydrogen (secondary N) is 2. The molecule has 1 aliphatic heterocycles. The third kappa shape index (κ3) is 3.53. The molecule has 2 aliphatic rings. The van der Waals surface area contributed by atoms with Crippen LogP contribution in [0.15, 0.2) is 10.7 Å². The molecule has 140 valence electrons. The van der Waals surface area contributed by atoms with E-state index in [1.807, 2.05) is 6.92 Å². The Balaban J connectivity index is 1.47. The summed E-state index contributed by atoms with van der Waals surface area (Å²) >= 11 is 0. The second kappa shape index (κ2) is 6.87. The predicted octanol–water partition coefficient (Wildman–Crippen LogP) is 2.71. The van der Waals surface area contributed by atoms with E-state index in [4.69, 9.17) is 4.42 Å². The summed E-state index contributed by atoms with van der Waals surface area (Å²) in [5.74, 6) is 1.16. The number of fused-ring (bicyclic) bond motifs is 1. The first-order chi connectivity index (χ1) is 12.6. The molecule has 0 radical (unpaired) electrons. The lowest BCUT2D eigenvalue weighted by molar-refractivity contribution is 0.0952. The highest BCUT2D eigenvalue weighted by atomic mass is 16.3. The van der Waals surface area contributed by atoms with Crippen LogP contribution in [-0.4, -0.2) is 52.5 Å². The summed E-state index contributed by atoms with van der Waals surface area (Å²) in [5.41, 5.74) is 1.08. The molecular formula is C19H27N5O2. The van der Waals surface area contributed by atoms with Gasteiger partial charge in [0.25, 0.3) is 5.91 Å². The van der Waals surface area contributed by atoms with Crippen molar-refractivity contribution in [2.45, 2.75) is 51.5 Å². The molecule has 3 heterocycles. The number of furan rings is 1. The monoisotopic (exact) mass is 357 g/mol. The fourth-order valence-corrected chi connectivity index (χ4v) is 3.61.